The molecule has 2 aromatic carbocycles. The van der Waals surface area contributed by atoms with Gasteiger partial charge in [-0.3, -0.25) is 4.79 Å². The molecule has 0 fully saturated rings. The standard InChI is InChI=1S/C23H28N4O4S/c1-16(2)18-6-8-19(9-7-18)23-26-22(31-27-23)13-12-21(28)24-14-15-25-32(29,30)20-10-4-17(3)5-11-20/h4-11,16,25H,12-15H2,1-3H3,(H,24,28). The fourth-order valence-electron chi connectivity index (χ4n) is 2.99. The topological polar surface area (TPSA) is 114 Å². The van der Waals surface area contributed by atoms with E-state index in [0.29, 0.717) is 24.1 Å². The first-order valence-electron chi connectivity index (χ1n) is 10.5. The van der Waals surface area contributed by atoms with Gasteiger partial charge in [-0.2, -0.15) is 4.98 Å². The highest BCUT2D eigenvalue weighted by Crippen LogP contribution is 2.20. The lowest BCUT2D eigenvalue weighted by atomic mass is 10.0. The van der Waals surface area contributed by atoms with Crippen LogP contribution in [0.15, 0.2) is 57.9 Å². The molecule has 0 atom stereocenters. The number of amides is 1. The fourth-order valence-corrected chi connectivity index (χ4v) is 4.02. The van der Waals surface area contributed by atoms with Gasteiger partial charge < -0.3 is 9.84 Å². The van der Waals surface area contributed by atoms with Gasteiger partial charge in [-0.05, 0) is 30.5 Å². The number of benzene rings is 2. The minimum Gasteiger partial charge on any atom is -0.355 e. The average molecular weight is 457 g/mol. The number of aryl methyl sites for hydroxylation is 2. The first-order chi connectivity index (χ1) is 15.2. The molecule has 0 unspecified atom stereocenters. The quantitative estimate of drug-likeness (QED) is 0.453. The number of nitrogens with one attached hydrogen (secondary N) is 2. The van der Waals surface area contributed by atoms with Crippen LogP contribution in [0.4, 0.5) is 0 Å². The molecule has 0 spiro atoms. The van der Waals surface area contributed by atoms with Crippen molar-refractivity contribution in [3.8, 4) is 11.4 Å². The molecule has 9 heteroatoms. The summed E-state index contributed by atoms with van der Waals surface area (Å²) < 4.78 is 32.2. The largest absolute Gasteiger partial charge is 0.355 e. The van der Waals surface area contributed by atoms with Gasteiger partial charge in [-0.1, -0.05) is 61.0 Å². The number of carbonyl (C=O) groups excluding carboxylic acids is 1. The number of nitrogens with zero attached hydrogens (tertiary/aromatic N) is 2. The van der Waals surface area contributed by atoms with Crippen molar-refractivity contribution < 1.29 is 17.7 Å². The predicted molar refractivity (Wildman–Crippen MR) is 122 cm³/mol. The summed E-state index contributed by atoms with van der Waals surface area (Å²) in [7, 11) is -3.60. The molecule has 0 radical (unpaired) electrons. The second-order valence-corrected chi connectivity index (χ2v) is 9.62. The smallest absolute Gasteiger partial charge is 0.240 e. The van der Waals surface area contributed by atoms with E-state index in [2.05, 4.69) is 34.0 Å². The van der Waals surface area contributed by atoms with Crippen molar-refractivity contribution in [3.05, 3.63) is 65.5 Å². The van der Waals surface area contributed by atoms with E-state index >= 15 is 0 Å². The summed E-state index contributed by atoms with van der Waals surface area (Å²) in [6.07, 6.45) is 0.469. The molecule has 0 aliphatic rings. The minimum absolute atomic E-state index is 0.0963. The maximum Gasteiger partial charge on any atom is 0.240 e. The highest BCUT2D eigenvalue weighted by Gasteiger charge is 2.14. The Labute approximate surface area is 188 Å². The Bertz CT molecular complexity index is 1140. The van der Waals surface area contributed by atoms with Gasteiger partial charge >= 0.3 is 0 Å². The Morgan fingerprint density at radius 1 is 1.03 bits per heavy atom. The summed E-state index contributed by atoms with van der Waals surface area (Å²) in [6.45, 7) is 6.43. The molecular formula is C23H28N4O4S. The van der Waals surface area contributed by atoms with Crippen molar-refractivity contribution in [1.29, 1.82) is 0 Å². The number of carbonyl (C=O) groups is 1. The highest BCUT2D eigenvalue weighted by atomic mass is 32.2. The normalized spacial score (nSPS) is 11.6. The molecule has 1 aromatic heterocycles. The Kier molecular flexibility index (Phi) is 7.76. The lowest BCUT2D eigenvalue weighted by molar-refractivity contribution is -0.121. The molecule has 170 valence electrons. The third kappa shape index (κ3) is 6.48. The zero-order chi connectivity index (χ0) is 23.1. The van der Waals surface area contributed by atoms with E-state index in [0.717, 1.165) is 11.1 Å². The summed E-state index contributed by atoms with van der Waals surface area (Å²) >= 11 is 0. The second kappa shape index (κ2) is 10.5. The highest BCUT2D eigenvalue weighted by molar-refractivity contribution is 7.89. The van der Waals surface area contributed by atoms with E-state index in [1.807, 2.05) is 31.2 Å². The predicted octanol–water partition coefficient (Wildman–Crippen LogP) is 3.20. The van der Waals surface area contributed by atoms with Gasteiger partial charge in [0.2, 0.25) is 27.6 Å². The second-order valence-electron chi connectivity index (χ2n) is 7.85. The van der Waals surface area contributed by atoms with Crippen molar-refractivity contribution >= 4 is 15.9 Å². The summed E-state index contributed by atoms with van der Waals surface area (Å²) in [5.41, 5.74) is 3.07. The van der Waals surface area contributed by atoms with E-state index in [9.17, 15) is 13.2 Å². The van der Waals surface area contributed by atoms with E-state index < -0.39 is 10.0 Å². The minimum atomic E-state index is -3.60. The first-order valence-corrected chi connectivity index (χ1v) is 12.0. The average Bonchev–Trinajstić information content (AvgIpc) is 3.25. The van der Waals surface area contributed by atoms with Crippen molar-refractivity contribution in [3.63, 3.8) is 0 Å². The number of hydrogen-bond acceptors (Lipinski definition) is 6. The molecule has 1 amide bonds. The lowest BCUT2D eigenvalue weighted by Gasteiger charge is -2.08. The van der Waals surface area contributed by atoms with Gasteiger partial charge in [0, 0.05) is 31.5 Å². The van der Waals surface area contributed by atoms with E-state index in [-0.39, 0.29) is 30.3 Å². The van der Waals surface area contributed by atoms with Gasteiger partial charge in [0.05, 0.1) is 4.90 Å². The van der Waals surface area contributed by atoms with E-state index in [1.165, 1.54) is 5.56 Å². The molecule has 0 bridgehead atoms. The maximum absolute atomic E-state index is 12.2. The fraction of sp³-hybridized carbons (Fsp3) is 0.348. The van der Waals surface area contributed by atoms with Gasteiger partial charge in [-0.25, -0.2) is 13.1 Å². The summed E-state index contributed by atoms with van der Waals surface area (Å²) in [5.74, 6) is 1.09. The molecule has 0 aliphatic carbocycles. The van der Waals surface area contributed by atoms with Crippen LogP contribution in [0.5, 0.6) is 0 Å². The lowest BCUT2D eigenvalue weighted by Crippen LogP contribution is -2.34. The molecule has 1 heterocycles. The Morgan fingerprint density at radius 2 is 1.72 bits per heavy atom. The van der Waals surface area contributed by atoms with Gasteiger partial charge in [0.1, 0.15) is 0 Å². The molecule has 8 nitrogen and oxygen atoms in total. The third-order valence-electron chi connectivity index (χ3n) is 4.94. The molecule has 0 saturated carbocycles. The van der Waals surface area contributed by atoms with Crippen LogP contribution in [0.3, 0.4) is 0 Å². The number of aromatic nitrogens is 2. The van der Waals surface area contributed by atoms with E-state index in [4.69, 9.17) is 4.52 Å². The van der Waals surface area contributed by atoms with Crippen LogP contribution in [0, 0.1) is 6.92 Å². The van der Waals surface area contributed by atoms with Crippen LogP contribution in [0.25, 0.3) is 11.4 Å². The van der Waals surface area contributed by atoms with Crippen molar-refractivity contribution in [2.24, 2.45) is 0 Å². The van der Waals surface area contributed by atoms with Crippen molar-refractivity contribution in [2.75, 3.05) is 13.1 Å². The van der Waals surface area contributed by atoms with Gasteiger partial charge in [-0.15, -0.1) is 0 Å². The summed E-state index contributed by atoms with van der Waals surface area (Å²) in [4.78, 5) is 16.6. The number of sulfonamides is 1. The first kappa shape index (κ1) is 23.6. The molecule has 2 N–H and O–H groups in total. The van der Waals surface area contributed by atoms with E-state index in [1.54, 1.807) is 24.3 Å². The Hall–Kier alpha value is -3.04. The van der Waals surface area contributed by atoms with Crippen molar-refractivity contribution in [1.82, 2.24) is 20.2 Å². The zero-order valence-corrected chi connectivity index (χ0v) is 19.3. The Morgan fingerprint density at radius 3 is 2.38 bits per heavy atom. The summed E-state index contributed by atoms with van der Waals surface area (Å²) in [5, 5.41) is 6.67. The van der Waals surface area contributed by atoms with Crippen LogP contribution in [0.1, 0.15) is 43.2 Å². The molecule has 0 aliphatic heterocycles. The van der Waals surface area contributed by atoms with Crippen molar-refractivity contribution in [2.45, 2.75) is 44.4 Å². The number of hydrogen-bond donors (Lipinski definition) is 2. The van der Waals surface area contributed by atoms with Crippen LogP contribution in [-0.2, 0) is 21.2 Å². The molecule has 0 saturated heterocycles. The van der Waals surface area contributed by atoms with Crippen LogP contribution >= 0.6 is 0 Å². The maximum atomic E-state index is 12.2. The van der Waals surface area contributed by atoms with Gasteiger partial charge in [0.25, 0.3) is 0 Å². The number of rotatable bonds is 10. The van der Waals surface area contributed by atoms with Gasteiger partial charge in [0.15, 0.2) is 0 Å². The molecule has 3 aromatic rings. The van der Waals surface area contributed by atoms with Crippen LogP contribution < -0.4 is 10.0 Å². The molecular weight excluding hydrogens is 428 g/mol. The monoisotopic (exact) mass is 456 g/mol. The third-order valence-corrected chi connectivity index (χ3v) is 6.42. The zero-order valence-electron chi connectivity index (χ0n) is 18.5. The molecule has 3 rings (SSSR count). The van der Waals surface area contributed by atoms with Crippen LogP contribution in [0.2, 0.25) is 0 Å². The van der Waals surface area contributed by atoms with Crippen LogP contribution in [-0.4, -0.2) is 37.6 Å². The molecule has 32 heavy (non-hydrogen) atoms. The SMILES string of the molecule is Cc1ccc(S(=O)(=O)NCCNC(=O)CCc2nc(-c3ccc(C(C)C)cc3)no2)cc1. The Balaban J connectivity index is 1.41. The summed E-state index contributed by atoms with van der Waals surface area (Å²) in [6, 6.07) is 14.6.